The Bertz CT molecular complexity index is 1120. The molecular weight excluding hydrogens is 435 g/mol. The quantitative estimate of drug-likeness (QED) is 0.338. The highest BCUT2D eigenvalue weighted by Crippen LogP contribution is 2.29. The van der Waals surface area contributed by atoms with Gasteiger partial charge in [-0.05, 0) is 60.2 Å². The Kier molecular flexibility index (Phi) is 6.70. The number of anilines is 1. The molecule has 0 saturated carbocycles. The van der Waals surface area contributed by atoms with E-state index in [1.807, 2.05) is 30.3 Å². The lowest BCUT2D eigenvalue weighted by Gasteiger charge is -2.17. The van der Waals surface area contributed by atoms with Gasteiger partial charge in [0.15, 0.2) is 5.17 Å². The summed E-state index contributed by atoms with van der Waals surface area (Å²) in [5.41, 5.74) is 1.77. The first-order chi connectivity index (χ1) is 15.1. The van der Waals surface area contributed by atoms with Crippen molar-refractivity contribution in [1.82, 2.24) is 0 Å². The molecule has 1 aliphatic rings. The Labute approximate surface area is 189 Å². The van der Waals surface area contributed by atoms with E-state index in [2.05, 4.69) is 4.99 Å². The van der Waals surface area contributed by atoms with Gasteiger partial charge in [-0.25, -0.2) is 9.38 Å². The van der Waals surface area contributed by atoms with Gasteiger partial charge in [-0.1, -0.05) is 53.7 Å². The summed E-state index contributed by atoms with van der Waals surface area (Å²) >= 11 is 7.29. The number of carbonyl (C=O) groups excluding carboxylic acids is 1. The topological polar surface area (TPSA) is 41.9 Å². The molecule has 4 nitrogen and oxygen atoms in total. The second-order valence-corrected chi connectivity index (χ2v) is 8.10. The molecule has 3 aromatic carbocycles. The molecule has 0 saturated heterocycles. The number of rotatable bonds is 6. The molecule has 4 rings (SSSR count). The summed E-state index contributed by atoms with van der Waals surface area (Å²) in [6, 6.07) is 22.4. The average molecular weight is 453 g/mol. The van der Waals surface area contributed by atoms with Gasteiger partial charge in [-0.3, -0.25) is 9.69 Å². The summed E-state index contributed by atoms with van der Waals surface area (Å²) in [4.78, 5) is 19.1. The van der Waals surface area contributed by atoms with Gasteiger partial charge in [0.05, 0.1) is 12.3 Å². The maximum atomic E-state index is 13.4. The lowest BCUT2D eigenvalue weighted by atomic mass is 10.2. The molecule has 0 radical (unpaired) electrons. The van der Waals surface area contributed by atoms with Crippen LogP contribution in [-0.4, -0.2) is 23.4 Å². The summed E-state index contributed by atoms with van der Waals surface area (Å²) in [5.74, 6) is 0.675. The van der Waals surface area contributed by atoms with Gasteiger partial charge in [-0.2, -0.15) is 0 Å². The Morgan fingerprint density at radius 1 is 1.00 bits per heavy atom. The third kappa shape index (κ3) is 5.34. The minimum atomic E-state index is -0.363. The fourth-order valence-corrected chi connectivity index (χ4v) is 3.90. The van der Waals surface area contributed by atoms with Gasteiger partial charge < -0.3 is 4.74 Å². The van der Waals surface area contributed by atoms with Crippen LogP contribution in [-0.2, 0) is 4.79 Å². The largest absolute Gasteiger partial charge is 0.493 e. The van der Waals surface area contributed by atoms with Gasteiger partial charge in [0.2, 0.25) is 0 Å². The van der Waals surface area contributed by atoms with Gasteiger partial charge in [0.1, 0.15) is 17.3 Å². The molecule has 1 amide bonds. The second-order valence-electron chi connectivity index (χ2n) is 6.60. The van der Waals surface area contributed by atoms with Crippen molar-refractivity contribution in [2.45, 2.75) is 0 Å². The second kappa shape index (κ2) is 9.81. The van der Waals surface area contributed by atoms with E-state index in [0.717, 1.165) is 11.3 Å². The van der Waals surface area contributed by atoms with E-state index < -0.39 is 0 Å². The van der Waals surface area contributed by atoms with Crippen molar-refractivity contribution < 1.29 is 13.9 Å². The lowest BCUT2D eigenvalue weighted by Crippen LogP contribution is -2.30. The molecule has 0 unspecified atom stereocenters. The summed E-state index contributed by atoms with van der Waals surface area (Å²) in [6.45, 7) is 0.425. The molecule has 0 N–H and O–H groups in total. The number of amidine groups is 1. The standard InChI is InChI=1S/C24H18ClFN2O2S/c25-18-6-12-21(13-7-18)30-14-15-31-24-27-22(16-17-4-2-1-3-5-17)23(29)28(24)20-10-8-19(26)9-11-20/h1-13,16H,14-15H2. The van der Waals surface area contributed by atoms with Crippen LogP contribution in [0.25, 0.3) is 6.08 Å². The first-order valence-electron chi connectivity index (χ1n) is 9.57. The molecule has 0 aromatic heterocycles. The van der Waals surface area contributed by atoms with Crippen LogP contribution in [0, 0.1) is 5.82 Å². The van der Waals surface area contributed by atoms with Crippen LogP contribution in [0.15, 0.2) is 89.6 Å². The van der Waals surface area contributed by atoms with Crippen LogP contribution in [0.5, 0.6) is 5.75 Å². The first-order valence-corrected chi connectivity index (χ1v) is 10.9. The molecule has 0 aliphatic carbocycles. The highest BCUT2D eigenvalue weighted by atomic mass is 35.5. The summed E-state index contributed by atoms with van der Waals surface area (Å²) in [5, 5.41) is 1.17. The highest BCUT2D eigenvalue weighted by molar-refractivity contribution is 8.14. The number of carbonyl (C=O) groups is 1. The Hall–Kier alpha value is -3.09. The number of halogens is 2. The van der Waals surface area contributed by atoms with Crippen LogP contribution in [0.3, 0.4) is 0 Å². The van der Waals surface area contributed by atoms with Gasteiger partial charge >= 0.3 is 0 Å². The Morgan fingerprint density at radius 3 is 2.42 bits per heavy atom. The van der Waals surface area contributed by atoms with E-state index in [0.29, 0.717) is 33.9 Å². The number of ether oxygens (including phenoxy) is 1. The number of benzene rings is 3. The monoisotopic (exact) mass is 452 g/mol. The zero-order valence-electron chi connectivity index (χ0n) is 16.4. The maximum absolute atomic E-state index is 13.4. The van der Waals surface area contributed by atoms with Crippen LogP contribution in [0.2, 0.25) is 5.02 Å². The zero-order valence-corrected chi connectivity index (χ0v) is 17.9. The van der Waals surface area contributed by atoms with Crippen LogP contribution >= 0.6 is 23.4 Å². The highest BCUT2D eigenvalue weighted by Gasteiger charge is 2.31. The van der Waals surface area contributed by atoms with E-state index in [4.69, 9.17) is 16.3 Å². The number of amides is 1. The predicted octanol–water partition coefficient (Wildman–Crippen LogP) is 6.04. The Balaban J connectivity index is 1.51. The van der Waals surface area contributed by atoms with Crippen molar-refractivity contribution in [3.63, 3.8) is 0 Å². The van der Waals surface area contributed by atoms with E-state index in [1.165, 1.54) is 28.8 Å². The van der Waals surface area contributed by atoms with E-state index in [1.54, 1.807) is 42.5 Å². The third-order valence-electron chi connectivity index (χ3n) is 4.41. The summed E-state index contributed by atoms with van der Waals surface area (Å²) in [7, 11) is 0. The van der Waals surface area contributed by atoms with Crippen molar-refractivity contribution in [3.8, 4) is 5.75 Å². The number of hydrogen-bond donors (Lipinski definition) is 0. The van der Waals surface area contributed by atoms with Crippen molar-refractivity contribution in [2.75, 3.05) is 17.3 Å². The molecule has 0 fully saturated rings. The number of nitrogens with zero attached hydrogens (tertiary/aromatic N) is 2. The molecule has 1 heterocycles. The summed E-state index contributed by atoms with van der Waals surface area (Å²) < 4.78 is 19.1. The van der Waals surface area contributed by atoms with E-state index in [9.17, 15) is 9.18 Å². The van der Waals surface area contributed by atoms with Crippen LogP contribution in [0.4, 0.5) is 10.1 Å². The third-order valence-corrected chi connectivity index (χ3v) is 5.57. The number of aliphatic imine (C=N–C) groups is 1. The number of thioether (sulfide) groups is 1. The number of hydrogen-bond acceptors (Lipinski definition) is 4. The Morgan fingerprint density at radius 2 is 1.71 bits per heavy atom. The van der Waals surface area contributed by atoms with E-state index >= 15 is 0 Å². The molecule has 1 aliphatic heterocycles. The van der Waals surface area contributed by atoms with Crippen molar-refractivity contribution in [2.24, 2.45) is 4.99 Å². The molecule has 156 valence electrons. The SMILES string of the molecule is O=C1C(=Cc2ccccc2)N=C(SCCOc2ccc(Cl)cc2)N1c1ccc(F)cc1. The van der Waals surface area contributed by atoms with Crippen molar-refractivity contribution in [1.29, 1.82) is 0 Å². The first kappa shape index (κ1) is 21.2. The fourth-order valence-electron chi connectivity index (χ4n) is 2.94. The molecule has 31 heavy (non-hydrogen) atoms. The normalized spacial score (nSPS) is 14.8. The molecule has 3 aromatic rings. The van der Waals surface area contributed by atoms with Crippen LogP contribution < -0.4 is 9.64 Å². The van der Waals surface area contributed by atoms with Crippen LogP contribution in [0.1, 0.15) is 5.56 Å². The summed E-state index contributed by atoms with van der Waals surface area (Å²) in [6.07, 6.45) is 1.75. The minimum absolute atomic E-state index is 0.253. The zero-order chi connectivity index (χ0) is 21.6. The predicted molar refractivity (Wildman–Crippen MR) is 125 cm³/mol. The van der Waals surface area contributed by atoms with Gasteiger partial charge in [-0.15, -0.1) is 0 Å². The minimum Gasteiger partial charge on any atom is -0.493 e. The van der Waals surface area contributed by atoms with Crippen molar-refractivity contribution in [3.05, 3.63) is 101 Å². The molecule has 0 spiro atoms. The molecule has 0 atom stereocenters. The molecular formula is C24H18ClFN2O2S. The average Bonchev–Trinajstić information content (AvgIpc) is 3.09. The van der Waals surface area contributed by atoms with Gasteiger partial charge in [0, 0.05) is 10.8 Å². The smallest absolute Gasteiger partial charge is 0.283 e. The fraction of sp³-hybridized carbons (Fsp3) is 0.0833. The maximum Gasteiger partial charge on any atom is 0.283 e. The van der Waals surface area contributed by atoms with Gasteiger partial charge in [0.25, 0.3) is 5.91 Å². The molecule has 7 heteroatoms. The van der Waals surface area contributed by atoms with Crippen molar-refractivity contribution >= 4 is 46.2 Å². The molecule has 0 bridgehead atoms. The lowest BCUT2D eigenvalue weighted by molar-refractivity contribution is -0.113. The van der Waals surface area contributed by atoms with E-state index in [-0.39, 0.29) is 11.7 Å².